The zero-order valence-electron chi connectivity index (χ0n) is 11.4. The molecule has 1 aliphatic rings. The summed E-state index contributed by atoms with van der Waals surface area (Å²) >= 11 is 0. The van der Waals surface area contributed by atoms with Gasteiger partial charge in [-0.1, -0.05) is 30.3 Å². The van der Waals surface area contributed by atoms with Crippen molar-refractivity contribution in [2.24, 2.45) is 0 Å². The maximum Gasteiger partial charge on any atom is 0.328 e. The molecular weight excluding hydrogens is 246 g/mol. The summed E-state index contributed by atoms with van der Waals surface area (Å²) in [5, 5.41) is 9.61. The molecule has 0 bridgehead atoms. The molecule has 104 valence electrons. The summed E-state index contributed by atoms with van der Waals surface area (Å²) in [6.07, 6.45) is 0. The number of rotatable bonds is 5. The lowest BCUT2D eigenvalue weighted by atomic mass is 9.86. The van der Waals surface area contributed by atoms with Crippen LogP contribution >= 0.6 is 0 Å². The summed E-state index contributed by atoms with van der Waals surface area (Å²) in [4.78, 5) is 13.6. The molecule has 5 nitrogen and oxygen atoms in total. The van der Waals surface area contributed by atoms with Gasteiger partial charge in [-0.05, 0) is 12.5 Å². The maximum atomic E-state index is 11.7. The molecule has 0 aromatic heterocycles. The van der Waals surface area contributed by atoms with Crippen molar-refractivity contribution in [2.75, 3.05) is 27.3 Å². The number of hydrogen-bond acceptors (Lipinski definition) is 4. The van der Waals surface area contributed by atoms with Crippen molar-refractivity contribution < 1.29 is 19.4 Å². The van der Waals surface area contributed by atoms with Gasteiger partial charge in [0.25, 0.3) is 0 Å². The molecule has 5 heteroatoms. The summed E-state index contributed by atoms with van der Waals surface area (Å²) in [6.45, 7) is 2.56. The second kappa shape index (κ2) is 4.92. The first-order valence-corrected chi connectivity index (χ1v) is 6.13. The van der Waals surface area contributed by atoms with Gasteiger partial charge in [-0.25, -0.2) is 4.79 Å². The van der Waals surface area contributed by atoms with Crippen LogP contribution in [-0.2, 0) is 19.8 Å². The second-order valence-corrected chi connectivity index (χ2v) is 4.92. The minimum atomic E-state index is -1.07. The number of hydrogen-bond donors (Lipinski definition) is 1. The number of carboxylic acids is 1. The van der Waals surface area contributed by atoms with Crippen molar-refractivity contribution >= 4 is 5.97 Å². The lowest BCUT2D eigenvalue weighted by molar-refractivity contribution is -0.291. The molecule has 2 rings (SSSR count). The second-order valence-electron chi connectivity index (χ2n) is 4.92. The van der Waals surface area contributed by atoms with Gasteiger partial charge >= 0.3 is 5.97 Å². The minimum Gasteiger partial charge on any atom is -0.480 e. The first kappa shape index (κ1) is 14.0. The van der Waals surface area contributed by atoms with E-state index in [1.165, 1.54) is 0 Å². The molecule has 1 N–H and O–H groups in total. The van der Waals surface area contributed by atoms with Crippen LogP contribution in [0.25, 0.3) is 0 Å². The predicted molar refractivity (Wildman–Crippen MR) is 69.8 cm³/mol. The van der Waals surface area contributed by atoms with Crippen LogP contribution in [0.3, 0.4) is 0 Å². The minimum absolute atomic E-state index is 0.428. The third kappa shape index (κ3) is 2.14. The van der Waals surface area contributed by atoms with Crippen molar-refractivity contribution in [3.63, 3.8) is 0 Å². The highest BCUT2D eigenvalue weighted by Gasteiger charge is 2.54. The molecule has 1 aliphatic heterocycles. The Kier molecular flexibility index (Phi) is 3.62. The van der Waals surface area contributed by atoms with Crippen LogP contribution in [0.1, 0.15) is 12.5 Å². The fraction of sp³-hybridized carbons (Fsp3) is 0.500. The maximum absolute atomic E-state index is 11.7. The van der Waals surface area contributed by atoms with Crippen LogP contribution < -0.4 is 0 Å². The largest absolute Gasteiger partial charge is 0.480 e. The summed E-state index contributed by atoms with van der Waals surface area (Å²) < 4.78 is 10.6. The van der Waals surface area contributed by atoms with Crippen molar-refractivity contribution in [1.29, 1.82) is 0 Å². The standard InChI is InChI=1S/C14H19NO4/c1-13(12(16)17,11-7-5-4-6-8-11)15-9-14(10-15,18-2)19-3/h4-8H,9-10H2,1-3H3,(H,16,17). The molecule has 1 aromatic rings. The summed E-state index contributed by atoms with van der Waals surface area (Å²) in [6, 6.07) is 9.21. The van der Waals surface area contributed by atoms with Gasteiger partial charge in [-0.2, -0.15) is 0 Å². The van der Waals surface area contributed by atoms with Gasteiger partial charge in [0.2, 0.25) is 0 Å². The fourth-order valence-electron chi connectivity index (χ4n) is 2.40. The van der Waals surface area contributed by atoms with E-state index in [9.17, 15) is 9.90 Å². The number of carboxylic acid groups (broad SMARTS) is 1. The van der Waals surface area contributed by atoms with Gasteiger partial charge in [-0.15, -0.1) is 0 Å². The summed E-state index contributed by atoms with van der Waals surface area (Å²) in [5.41, 5.74) is -0.315. The number of carbonyl (C=O) groups is 1. The Balaban J connectivity index is 2.27. The van der Waals surface area contributed by atoms with Gasteiger partial charge < -0.3 is 14.6 Å². The lowest BCUT2D eigenvalue weighted by Gasteiger charge is -2.53. The average molecular weight is 265 g/mol. The van der Waals surface area contributed by atoms with Crippen molar-refractivity contribution in [2.45, 2.75) is 18.2 Å². The zero-order chi connectivity index (χ0) is 14.1. The number of aliphatic carboxylic acids is 1. The van der Waals surface area contributed by atoms with E-state index in [4.69, 9.17) is 9.47 Å². The van der Waals surface area contributed by atoms with Crippen LogP contribution in [0.2, 0.25) is 0 Å². The molecule has 1 heterocycles. The van der Waals surface area contributed by atoms with E-state index in [0.29, 0.717) is 13.1 Å². The highest BCUT2D eigenvalue weighted by molar-refractivity contribution is 5.80. The molecule has 1 unspecified atom stereocenters. The normalized spacial score (nSPS) is 21.4. The Hall–Kier alpha value is -1.43. The summed E-state index contributed by atoms with van der Waals surface area (Å²) in [5.74, 6) is -1.56. The smallest absolute Gasteiger partial charge is 0.328 e. The van der Waals surface area contributed by atoms with Crippen LogP contribution in [0.4, 0.5) is 0 Å². The van der Waals surface area contributed by atoms with E-state index in [1.807, 2.05) is 35.2 Å². The van der Waals surface area contributed by atoms with Crippen molar-refractivity contribution in [1.82, 2.24) is 4.90 Å². The molecule has 0 saturated carbocycles. The van der Waals surface area contributed by atoms with Gasteiger partial charge in [0, 0.05) is 14.2 Å². The monoisotopic (exact) mass is 265 g/mol. The average Bonchev–Trinajstić information content (AvgIpc) is 2.39. The molecule has 1 aromatic carbocycles. The van der Waals surface area contributed by atoms with Gasteiger partial charge in [0.05, 0.1) is 13.1 Å². The van der Waals surface area contributed by atoms with E-state index in [0.717, 1.165) is 5.56 Å². The van der Waals surface area contributed by atoms with Gasteiger partial charge in [0.1, 0.15) is 5.54 Å². The molecular formula is C14H19NO4. The topological polar surface area (TPSA) is 59.0 Å². The van der Waals surface area contributed by atoms with E-state index in [-0.39, 0.29) is 0 Å². The fourth-order valence-corrected chi connectivity index (χ4v) is 2.40. The SMILES string of the molecule is COC1(OC)CN(C(C)(C(=O)O)c2ccccc2)C1. The lowest BCUT2D eigenvalue weighted by Crippen LogP contribution is -2.70. The number of ether oxygens (including phenoxy) is 2. The third-order valence-corrected chi connectivity index (χ3v) is 3.99. The molecule has 1 atom stereocenters. The van der Waals surface area contributed by atoms with Crippen molar-refractivity contribution in [3.05, 3.63) is 35.9 Å². The van der Waals surface area contributed by atoms with Crippen molar-refractivity contribution in [3.8, 4) is 0 Å². The van der Waals surface area contributed by atoms with Gasteiger partial charge in [0.15, 0.2) is 5.79 Å². The number of benzene rings is 1. The molecule has 1 saturated heterocycles. The number of methoxy groups -OCH3 is 2. The molecule has 1 fully saturated rings. The molecule has 0 spiro atoms. The summed E-state index contributed by atoms with van der Waals surface area (Å²) in [7, 11) is 3.14. The highest BCUT2D eigenvalue weighted by Crippen LogP contribution is 2.38. The molecule has 19 heavy (non-hydrogen) atoms. The zero-order valence-corrected chi connectivity index (χ0v) is 11.4. The predicted octanol–water partition coefficient (Wildman–Crippen LogP) is 1.29. The first-order chi connectivity index (χ1) is 8.98. The van der Waals surface area contributed by atoms with Crippen LogP contribution in [0.15, 0.2) is 30.3 Å². The van der Waals surface area contributed by atoms with E-state index < -0.39 is 17.3 Å². The highest BCUT2D eigenvalue weighted by atomic mass is 16.7. The Morgan fingerprint density at radius 1 is 1.26 bits per heavy atom. The van der Waals surface area contributed by atoms with Crippen LogP contribution in [0, 0.1) is 0 Å². The number of nitrogens with zero attached hydrogens (tertiary/aromatic N) is 1. The van der Waals surface area contributed by atoms with Crippen LogP contribution in [0.5, 0.6) is 0 Å². The van der Waals surface area contributed by atoms with E-state index in [2.05, 4.69) is 0 Å². The Bertz CT molecular complexity index is 450. The molecule has 0 aliphatic carbocycles. The first-order valence-electron chi connectivity index (χ1n) is 6.13. The molecule has 0 amide bonds. The molecule has 0 radical (unpaired) electrons. The van der Waals surface area contributed by atoms with E-state index in [1.54, 1.807) is 21.1 Å². The quantitative estimate of drug-likeness (QED) is 0.813. The Labute approximate surface area is 112 Å². The van der Waals surface area contributed by atoms with E-state index >= 15 is 0 Å². The Morgan fingerprint density at radius 2 is 1.79 bits per heavy atom. The third-order valence-electron chi connectivity index (χ3n) is 3.99. The van der Waals surface area contributed by atoms with Crippen LogP contribution in [-0.4, -0.2) is 49.1 Å². The van der Waals surface area contributed by atoms with Gasteiger partial charge in [-0.3, -0.25) is 4.90 Å². The Morgan fingerprint density at radius 3 is 2.21 bits per heavy atom. The number of likely N-dealkylation sites (tertiary alicyclic amines) is 1.